The van der Waals surface area contributed by atoms with Gasteiger partial charge >= 0.3 is 0 Å². The number of aromatic nitrogens is 2. The van der Waals surface area contributed by atoms with E-state index in [0.29, 0.717) is 5.69 Å². The fourth-order valence-corrected chi connectivity index (χ4v) is 2.01. The Hall–Kier alpha value is -1.70. The van der Waals surface area contributed by atoms with E-state index in [1.807, 2.05) is 24.3 Å². The summed E-state index contributed by atoms with van der Waals surface area (Å²) in [6, 6.07) is 9.10. The number of aryl methyl sites for hydroxylation is 1. The highest BCUT2D eigenvalue weighted by atomic mass is 127. The van der Waals surface area contributed by atoms with E-state index in [9.17, 15) is 4.79 Å². The zero-order valence-corrected chi connectivity index (χ0v) is 11.8. The molecule has 0 saturated heterocycles. The van der Waals surface area contributed by atoms with Crippen molar-refractivity contribution in [3.05, 3.63) is 45.3 Å². The highest BCUT2D eigenvalue weighted by Crippen LogP contribution is 2.13. The van der Waals surface area contributed by atoms with Crippen LogP contribution in [-0.2, 0) is 0 Å². The lowest BCUT2D eigenvalue weighted by molar-refractivity contribution is 0.102. The van der Waals surface area contributed by atoms with E-state index in [1.165, 1.54) is 0 Å². The van der Waals surface area contributed by atoms with Crippen LogP contribution in [0.5, 0.6) is 0 Å². The van der Waals surface area contributed by atoms with Crippen molar-refractivity contribution in [1.29, 1.82) is 0 Å². The Morgan fingerprint density at radius 1 is 1.33 bits per heavy atom. The first-order valence-electron chi connectivity index (χ1n) is 5.22. The van der Waals surface area contributed by atoms with E-state index in [0.717, 1.165) is 9.26 Å². The number of nitrogens with zero attached hydrogens (tertiary/aromatic N) is 2. The molecule has 1 heterocycles. The highest BCUT2D eigenvalue weighted by molar-refractivity contribution is 14.1. The number of benzene rings is 1. The molecule has 0 fully saturated rings. The summed E-state index contributed by atoms with van der Waals surface area (Å²) < 4.78 is 1.05. The third-order valence-electron chi connectivity index (χ3n) is 2.19. The molecule has 0 spiro atoms. The summed E-state index contributed by atoms with van der Waals surface area (Å²) in [6.07, 6.45) is 0. The molecular formula is C12H11IN4O. The molecule has 0 unspecified atom stereocenters. The van der Waals surface area contributed by atoms with E-state index < -0.39 is 0 Å². The van der Waals surface area contributed by atoms with Gasteiger partial charge in [0.25, 0.3) is 5.91 Å². The molecule has 2 rings (SSSR count). The van der Waals surface area contributed by atoms with Crippen molar-refractivity contribution in [3.63, 3.8) is 0 Å². The Morgan fingerprint density at radius 3 is 2.78 bits per heavy atom. The summed E-state index contributed by atoms with van der Waals surface area (Å²) in [5.41, 5.74) is 7.16. The summed E-state index contributed by atoms with van der Waals surface area (Å²) in [5, 5.41) is 2.76. The van der Waals surface area contributed by atoms with Gasteiger partial charge in [-0.3, -0.25) is 4.79 Å². The smallest absolute Gasteiger partial charge is 0.274 e. The molecule has 0 atom stereocenters. The van der Waals surface area contributed by atoms with Gasteiger partial charge in [0.15, 0.2) is 0 Å². The van der Waals surface area contributed by atoms with Crippen LogP contribution >= 0.6 is 22.6 Å². The molecule has 5 nitrogen and oxygen atoms in total. The summed E-state index contributed by atoms with van der Waals surface area (Å²) >= 11 is 2.18. The molecule has 0 radical (unpaired) electrons. The minimum Gasteiger partial charge on any atom is -0.368 e. The Labute approximate surface area is 118 Å². The average Bonchev–Trinajstić information content (AvgIpc) is 2.27. The number of carbonyl (C=O) groups excluding carboxylic acids is 1. The standard InChI is InChI=1S/C12H11IN4O/c1-7-5-10(17-12(14)15-7)11(18)16-9-4-2-3-8(13)6-9/h2-6H,1H3,(H,16,18)(H2,14,15,17). The summed E-state index contributed by atoms with van der Waals surface area (Å²) in [5.74, 6) is -0.197. The molecule has 0 saturated carbocycles. The Bertz CT molecular complexity index is 580. The third-order valence-corrected chi connectivity index (χ3v) is 2.86. The molecule has 18 heavy (non-hydrogen) atoms. The Morgan fingerprint density at radius 2 is 2.11 bits per heavy atom. The number of halogens is 1. The first-order valence-corrected chi connectivity index (χ1v) is 6.30. The molecule has 0 bridgehead atoms. The summed E-state index contributed by atoms with van der Waals surface area (Å²) in [6.45, 7) is 1.76. The molecule has 1 aromatic carbocycles. The van der Waals surface area contributed by atoms with Gasteiger partial charge in [-0.05, 0) is 53.8 Å². The van der Waals surface area contributed by atoms with Crippen LogP contribution in [0.25, 0.3) is 0 Å². The predicted molar refractivity (Wildman–Crippen MR) is 78.3 cm³/mol. The molecule has 0 aliphatic carbocycles. The van der Waals surface area contributed by atoms with Gasteiger partial charge in [-0.1, -0.05) is 6.07 Å². The van der Waals surface area contributed by atoms with Crippen LogP contribution in [0.2, 0.25) is 0 Å². The lowest BCUT2D eigenvalue weighted by Crippen LogP contribution is -2.15. The first-order chi connectivity index (χ1) is 8.54. The normalized spacial score (nSPS) is 10.1. The van der Waals surface area contributed by atoms with Crippen molar-refractivity contribution in [3.8, 4) is 0 Å². The van der Waals surface area contributed by atoms with E-state index in [1.54, 1.807) is 13.0 Å². The zero-order chi connectivity index (χ0) is 13.1. The van der Waals surface area contributed by atoms with Gasteiger partial charge < -0.3 is 11.1 Å². The largest absolute Gasteiger partial charge is 0.368 e. The number of hydrogen-bond donors (Lipinski definition) is 2. The van der Waals surface area contributed by atoms with Crippen LogP contribution in [-0.4, -0.2) is 15.9 Å². The number of nitrogens with two attached hydrogens (primary N) is 1. The second kappa shape index (κ2) is 5.30. The van der Waals surface area contributed by atoms with Gasteiger partial charge in [-0.15, -0.1) is 0 Å². The second-order valence-electron chi connectivity index (χ2n) is 3.72. The number of rotatable bonds is 2. The minimum atomic E-state index is -0.297. The lowest BCUT2D eigenvalue weighted by atomic mass is 10.3. The van der Waals surface area contributed by atoms with Crippen molar-refractivity contribution in [2.45, 2.75) is 6.92 Å². The Kier molecular flexibility index (Phi) is 3.75. The maximum absolute atomic E-state index is 12.0. The molecule has 0 aliphatic heterocycles. The summed E-state index contributed by atoms with van der Waals surface area (Å²) in [4.78, 5) is 19.8. The second-order valence-corrected chi connectivity index (χ2v) is 4.96. The van der Waals surface area contributed by atoms with Crippen molar-refractivity contribution in [2.75, 3.05) is 11.1 Å². The van der Waals surface area contributed by atoms with Gasteiger partial charge in [0, 0.05) is 15.0 Å². The third kappa shape index (κ3) is 3.16. The van der Waals surface area contributed by atoms with Crippen molar-refractivity contribution in [2.24, 2.45) is 0 Å². The van der Waals surface area contributed by atoms with Crippen LogP contribution in [0.1, 0.15) is 16.2 Å². The minimum absolute atomic E-state index is 0.0998. The molecule has 0 aliphatic rings. The van der Waals surface area contributed by atoms with Gasteiger partial charge in [-0.25, -0.2) is 9.97 Å². The average molecular weight is 354 g/mol. The number of nitrogens with one attached hydrogen (secondary N) is 1. The van der Waals surface area contributed by atoms with Gasteiger partial charge in [0.2, 0.25) is 5.95 Å². The molecule has 2 aromatic rings. The van der Waals surface area contributed by atoms with Gasteiger partial charge in [0.05, 0.1) is 0 Å². The van der Waals surface area contributed by atoms with E-state index in [-0.39, 0.29) is 17.5 Å². The van der Waals surface area contributed by atoms with Crippen LogP contribution in [0.3, 0.4) is 0 Å². The quantitative estimate of drug-likeness (QED) is 0.811. The van der Waals surface area contributed by atoms with Crippen LogP contribution in [0.15, 0.2) is 30.3 Å². The number of hydrogen-bond acceptors (Lipinski definition) is 4. The van der Waals surface area contributed by atoms with Crippen molar-refractivity contribution >= 4 is 40.1 Å². The first kappa shape index (κ1) is 12.7. The predicted octanol–water partition coefficient (Wildman–Crippen LogP) is 2.22. The fraction of sp³-hybridized carbons (Fsp3) is 0.0833. The topological polar surface area (TPSA) is 80.9 Å². The molecule has 3 N–H and O–H groups in total. The number of amides is 1. The van der Waals surface area contributed by atoms with Crippen molar-refractivity contribution in [1.82, 2.24) is 9.97 Å². The number of carbonyl (C=O) groups is 1. The van der Waals surface area contributed by atoms with Crippen LogP contribution in [0, 0.1) is 10.5 Å². The molecule has 1 aromatic heterocycles. The zero-order valence-electron chi connectivity index (χ0n) is 9.64. The molecule has 1 amide bonds. The molecular weight excluding hydrogens is 343 g/mol. The van der Waals surface area contributed by atoms with Crippen molar-refractivity contribution < 1.29 is 4.79 Å². The van der Waals surface area contributed by atoms with Gasteiger partial charge in [0.1, 0.15) is 5.69 Å². The van der Waals surface area contributed by atoms with Gasteiger partial charge in [-0.2, -0.15) is 0 Å². The monoisotopic (exact) mass is 354 g/mol. The number of nitrogen functional groups attached to an aromatic ring is 1. The molecule has 6 heteroatoms. The van der Waals surface area contributed by atoms with E-state index >= 15 is 0 Å². The fourth-order valence-electron chi connectivity index (χ4n) is 1.47. The van der Waals surface area contributed by atoms with Crippen LogP contribution in [0.4, 0.5) is 11.6 Å². The maximum atomic E-state index is 12.0. The summed E-state index contributed by atoms with van der Waals surface area (Å²) in [7, 11) is 0. The number of anilines is 2. The van der Waals surface area contributed by atoms with E-state index in [2.05, 4.69) is 37.9 Å². The maximum Gasteiger partial charge on any atom is 0.274 e. The SMILES string of the molecule is Cc1cc(C(=O)Nc2cccc(I)c2)nc(N)n1. The molecule has 92 valence electrons. The van der Waals surface area contributed by atoms with E-state index in [4.69, 9.17) is 5.73 Å². The Balaban J connectivity index is 2.22. The van der Waals surface area contributed by atoms with Crippen LogP contribution < -0.4 is 11.1 Å². The lowest BCUT2D eigenvalue weighted by Gasteiger charge is -2.06. The highest BCUT2D eigenvalue weighted by Gasteiger charge is 2.09.